The number of hydrogen-bond acceptors (Lipinski definition) is 8. The van der Waals surface area contributed by atoms with Gasteiger partial charge in [-0.05, 0) is 23.4 Å². The molecule has 156 valence electrons. The average molecular weight is 421 g/mol. The van der Waals surface area contributed by atoms with E-state index in [1.54, 1.807) is 11.3 Å². The van der Waals surface area contributed by atoms with Gasteiger partial charge in [0.05, 0.1) is 26.3 Å². The summed E-state index contributed by atoms with van der Waals surface area (Å²) in [5.74, 6) is -0.466. The predicted octanol–water partition coefficient (Wildman–Crippen LogP) is 2.47. The molecule has 29 heavy (non-hydrogen) atoms. The lowest BCUT2D eigenvalue weighted by atomic mass is 10.1. The van der Waals surface area contributed by atoms with Crippen LogP contribution in [0, 0.1) is 10.1 Å². The molecule has 0 fully saturated rings. The van der Waals surface area contributed by atoms with Gasteiger partial charge in [0.1, 0.15) is 5.56 Å². The number of ether oxygens (including phenoxy) is 3. The van der Waals surface area contributed by atoms with E-state index in [-0.39, 0.29) is 22.8 Å². The minimum atomic E-state index is -0.654. The predicted molar refractivity (Wildman–Crippen MR) is 108 cm³/mol. The maximum atomic E-state index is 12.7. The number of carbonyl (C=O) groups is 1. The molecular weight excluding hydrogens is 398 g/mol. The zero-order valence-electron chi connectivity index (χ0n) is 16.5. The highest BCUT2D eigenvalue weighted by Gasteiger charge is 2.32. The van der Waals surface area contributed by atoms with Gasteiger partial charge < -0.3 is 19.5 Å². The minimum absolute atomic E-state index is 0.0677. The van der Waals surface area contributed by atoms with Crippen LogP contribution in [0.25, 0.3) is 0 Å². The third-order valence-electron chi connectivity index (χ3n) is 4.83. The van der Waals surface area contributed by atoms with Crippen LogP contribution < -0.4 is 19.5 Å². The van der Waals surface area contributed by atoms with Crippen molar-refractivity contribution in [1.82, 2.24) is 10.2 Å². The molecule has 9 nitrogen and oxygen atoms in total. The topological polar surface area (TPSA) is 103 Å². The second-order valence-electron chi connectivity index (χ2n) is 6.45. The molecule has 1 aliphatic rings. The van der Waals surface area contributed by atoms with Crippen molar-refractivity contribution in [2.24, 2.45) is 0 Å². The van der Waals surface area contributed by atoms with Crippen molar-refractivity contribution in [3.63, 3.8) is 0 Å². The monoisotopic (exact) mass is 421 g/mol. The molecule has 0 atom stereocenters. The largest absolute Gasteiger partial charge is 0.493 e. The summed E-state index contributed by atoms with van der Waals surface area (Å²) in [4.78, 5) is 27.4. The first-order chi connectivity index (χ1) is 14.0. The van der Waals surface area contributed by atoms with Crippen molar-refractivity contribution >= 4 is 22.9 Å². The second kappa shape index (κ2) is 9.10. The third kappa shape index (κ3) is 4.28. The van der Waals surface area contributed by atoms with Gasteiger partial charge in [-0.25, -0.2) is 0 Å². The van der Waals surface area contributed by atoms with E-state index in [2.05, 4.69) is 21.7 Å². The van der Waals surface area contributed by atoms with Gasteiger partial charge in [0.15, 0.2) is 5.75 Å². The summed E-state index contributed by atoms with van der Waals surface area (Å²) in [6.45, 7) is 2.79. The summed E-state index contributed by atoms with van der Waals surface area (Å²) < 4.78 is 15.5. The number of nitrogens with zero attached hydrogens (tertiary/aromatic N) is 2. The Kier molecular flexibility index (Phi) is 6.55. The van der Waals surface area contributed by atoms with Crippen molar-refractivity contribution in [3.05, 3.63) is 43.6 Å². The SMILES string of the molecule is COc1cc(C(=O)NCCN2CCc3sccc3C2)c([N+](=O)[O-])c(OC)c1OC. The van der Waals surface area contributed by atoms with E-state index in [1.807, 2.05) is 0 Å². The molecule has 1 aromatic heterocycles. The standard InChI is InChI=1S/C19H23N3O6S/c1-26-14-10-13(16(22(24)25)18(28-3)17(14)27-2)19(23)20-6-8-21-7-4-15-12(11-21)5-9-29-15/h5,9-10H,4,6-8,11H2,1-3H3,(H,20,23). The Morgan fingerprint density at radius 2 is 2.03 bits per heavy atom. The lowest BCUT2D eigenvalue weighted by Crippen LogP contribution is -2.37. The van der Waals surface area contributed by atoms with E-state index in [0.29, 0.717) is 13.1 Å². The van der Waals surface area contributed by atoms with E-state index < -0.39 is 16.5 Å². The van der Waals surface area contributed by atoms with E-state index in [9.17, 15) is 14.9 Å². The number of thiophene rings is 1. The molecule has 2 heterocycles. The quantitative estimate of drug-likeness (QED) is 0.516. The Labute approximate surface area is 172 Å². The molecular formula is C19H23N3O6S. The number of nitro groups is 1. The first kappa shape index (κ1) is 20.9. The second-order valence-corrected chi connectivity index (χ2v) is 7.45. The number of nitrogens with one attached hydrogen (secondary N) is 1. The molecule has 2 aromatic rings. The van der Waals surface area contributed by atoms with E-state index in [1.165, 1.54) is 37.8 Å². The molecule has 0 bridgehead atoms. The van der Waals surface area contributed by atoms with Crippen LogP contribution in [0.3, 0.4) is 0 Å². The molecule has 1 amide bonds. The minimum Gasteiger partial charge on any atom is -0.493 e. The van der Waals surface area contributed by atoms with Gasteiger partial charge in [-0.1, -0.05) is 0 Å². The molecule has 1 aromatic carbocycles. The van der Waals surface area contributed by atoms with Gasteiger partial charge in [0.25, 0.3) is 5.91 Å². The van der Waals surface area contributed by atoms with Crippen molar-refractivity contribution < 1.29 is 23.9 Å². The number of carbonyl (C=O) groups excluding carboxylic acids is 1. The van der Waals surface area contributed by atoms with Crippen LogP contribution in [0.15, 0.2) is 17.5 Å². The number of hydrogen-bond donors (Lipinski definition) is 1. The fourth-order valence-electron chi connectivity index (χ4n) is 3.42. The Morgan fingerprint density at radius 1 is 1.28 bits per heavy atom. The molecule has 1 N–H and O–H groups in total. The van der Waals surface area contributed by atoms with Crippen LogP contribution >= 0.6 is 11.3 Å². The third-order valence-corrected chi connectivity index (χ3v) is 5.85. The van der Waals surface area contributed by atoms with Gasteiger partial charge in [-0.3, -0.25) is 19.8 Å². The molecule has 0 unspecified atom stereocenters. The lowest BCUT2D eigenvalue weighted by Gasteiger charge is -2.26. The highest BCUT2D eigenvalue weighted by molar-refractivity contribution is 7.10. The normalized spacial score (nSPS) is 13.5. The average Bonchev–Trinajstić information content (AvgIpc) is 3.19. The van der Waals surface area contributed by atoms with E-state index in [4.69, 9.17) is 14.2 Å². The van der Waals surface area contributed by atoms with Crippen LogP contribution in [0.4, 0.5) is 5.69 Å². The highest BCUT2D eigenvalue weighted by Crippen LogP contribution is 2.46. The smallest absolute Gasteiger partial charge is 0.327 e. The van der Waals surface area contributed by atoms with Crippen LogP contribution in [-0.2, 0) is 13.0 Å². The van der Waals surface area contributed by atoms with Crippen molar-refractivity contribution in [1.29, 1.82) is 0 Å². The summed E-state index contributed by atoms with van der Waals surface area (Å²) in [7, 11) is 4.02. The molecule has 0 radical (unpaired) electrons. The van der Waals surface area contributed by atoms with E-state index >= 15 is 0 Å². The summed E-state index contributed by atoms with van der Waals surface area (Å²) in [5.41, 5.74) is 0.736. The number of amides is 1. The summed E-state index contributed by atoms with van der Waals surface area (Å²) in [6.07, 6.45) is 0.999. The number of nitro benzene ring substituents is 1. The number of rotatable bonds is 8. The first-order valence-electron chi connectivity index (χ1n) is 9.03. The summed E-state index contributed by atoms with van der Waals surface area (Å²) in [6, 6.07) is 3.43. The molecule has 0 spiro atoms. The van der Waals surface area contributed by atoms with Gasteiger partial charge in [-0.15, -0.1) is 11.3 Å². The summed E-state index contributed by atoms with van der Waals surface area (Å²) in [5, 5.41) is 16.5. The van der Waals surface area contributed by atoms with Crippen LogP contribution in [0.5, 0.6) is 17.2 Å². The van der Waals surface area contributed by atoms with Gasteiger partial charge in [0.2, 0.25) is 11.5 Å². The molecule has 0 saturated carbocycles. The zero-order chi connectivity index (χ0) is 21.0. The van der Waals surface area contributed by atoms with Gasteiger partial charge in [-0.2, -0.15) is 0 Å². The molecule has 0 aliphatic carbocycles. The van der Waals surface area contributed by atoms with Crippen molar-refractivity contribution in [3.8, 4) is 17.2 Å². The fraction of sp³-hybridized carbons (Fsp3) is 0.421. The van der Waals surface area contributed by atoms with Crippen LogP contribution in [-0.4, -0.2) is 56.7 Å². The zero-order valence-corrected chi connectivity index (χ0v) is 17.3. The molecule has 1 aliphatic heterocycles. The molecule has 0 saturated heterocycles. The van der Waals surface area contributed by atoms with Crippen molar-refractivity contribution in [2.45, 2.75) is 13.0 Å². The van der Waals surface area contributed by atoms with Crippen molar-refractivity contribution in [2.75, 3.05) is 41.0 Å². The Morgan fingerprint density at radius 3 is 2.69 bits per heavy atom. The number of fused-ring (bicyclic) bond motifs is 1. The molecule has 3 rings (SSSR count). The van der Waals surface area contributed by atoms with Crippen LogP contribution in [0.1, 0.15) is 20.8 Å². The van der Waals surface area contributed by atoms with E-state index in [0.717, 1.165) is 19.5 Å². The first-order valence-corrected chi connectivity index (χ1v) is 9.91. The maximum Gasteiger partial charge on any atom is 0.327 e. The number of methoxy groups -OCH3 is 3. The Bertz CT molecular complexity index is 914. The van der Waals surface area contributed by atoms with Crippen LogP contribution in [0.2, 0.25) is 0 Å². The van der Waals surface area contributed by atoms with Gasteiger partial charge in [0, 0.05) is 37.1 Å². The highest BCUT2D eigenvalue weighted by atomic mass is 32.1. The lowest BCUT2D eigenvalue weighted by molar-refractivity contribution is -0.386. The Balaban J connectivity index is 1.74. The maximum absolute atomic E-state index is 12.7. The van der Waals surface area contributed by atoms with Gasteiger partial charge >= 0.3 is 5.69 Å². The summed E-state index contributed by atoms with van der Waals surface area (Å²) >= 11 is 1.77. The molecule has 10 heteroatoms. The fourth-order valence-corrected chi connectivity index (χ4v) is 4.31. The Hall–Kier alpha value is -2.85. The number of benzene rings is 1.